The van der Waals surface area contributed by atoms with Gasteiger partial charge in [-0.05, 0) is 37.6 Å². The van der Waals surface area contributed by atoms with Crippen molar-refractivity contribution >= 4 is 35.2 Å². The number of thioether (sulfide) groups is 1. The largest absolute Gasteiger partial charge is 0.493 e. The van der Waals surface area contributed by atoms with Crippen LogP contribution in [0.3, 0.4) is 0 Å². The molecule has 1 aliphatic rings. The number of benzene rings is 1. The van der Waals surface area contributed by atoms with Gasteiger partial charge in [-0.2, -0.15) is 4.98 Å². The highest BCUT2D eigenvalue weighted by molar-refractivity contribution is 8.00. The first-order valence-corrected chi connectivity index (χ1v) is 9.86. The molecule has 1 aromatic heterocycles. The summed E-state index contributed by atoms with van der Waals surface area (Å²) in [4.78, 5) is 56.3. The molecule has 1 aliphatic heterocycles. The van der Waals surface area contributed by atoms with Crippen molar-refractivity contribution in [1.82, 2.24) is 9.97 Å². The fraction of sp³-hybridized carbons (Fsp3) is 0.316. The Morgan fingerprint density at radius 3 is 2.55 bits per heavy atom. The van der Waals surface area contributed by atoms with Gasteiger partial charge in [0.15, 0.2) is 5.16 Å². The van der Waals surface area contributed by atoms with Crippen molar-refractivity contribution in [3.8, 4) is 5.88 Å². The second-order valence-electron chi connectivity index (χ2n) is 6.17. The molecule has 0 spiro atoms. The highest BCUT2D eigenvalue weighted by Crippen LogP contribution is 2.33. The summed E-state index contributed by atoms with van der Waals surface area (Å²) in [7, 11) is 0. The summed E-state index contributed by atoms with van der Waals surface area (Å²) in [5, 5.41) is 9.13. The SMILES string of the molecule is CCOC(=O)c1ccc(N2C(=O)C[C@H](Sc3nc(O)c(CC)c(=O)[nH]3)C2=O)cc1. The number of imide groups is 1. The van der Waals surface area contributed by atoms with E-state index in [1.165, 1.54) is 24.3 Å². The Morgan fingerprint density at radius 2 is 1.97 bits per heavy atom. The van der Waals surface area contributed by atoms with E-state index in [0.29, 0.717) is 17.7 Å². The van der Waals surface area contributed by atoms with Crippen molar-refractivity contribution < 1.29 is 24.2 Å². The molecule has 1 aromatic carbocycles. The predicted octanol–water partition coefficient (Wildman–Crippen LogP) is 1.64. The van der Waals surface area contributed by atoms with Gasteiger partial charge in [0.05, 0.1) is 23.4 Å². The summed E-state index contributed by atoms with van der Waals surface area (Å²) >= 11 is 0.911. The maximum Gasteiger partial charge on any atom is 0.338 e. The van der Waals surface area contributed by atoms with Crippen LogP contribution >= 0.6 is 11.8 Å². The average molecular weight is 417 g/mol. The van der Waals surface area contributed by atoms with Crippen molar-refractivity contribution in [3.05, 3.63) is 45.7 Å². The van der Waals surface area contributed by atoms with Crippen LogP contribution in [-0.2, 0) is 20.7 Å². The zero-order valence-corrected chi connectivity index (χ0v) is 16.6. The summed E-state index contributed by atoms with van der Waals surface area (Å²) in [5.74, 6) is -1.75. The number of H-pyrrole nitrogens is 1. The van der Waals surface area contributed by atoms with Crippen LogP contribution in [0.1, 0.15) is 36.2 Å². The van der Waals surface area contributed by atoms with E-state index < -0.39 is 28.6 Å². The second-order valence-corrected chi connectivity index (χ2v) is 7.36. The average Bonchev–Trinajstić information content (AvgIpc) is 2.95. The van der Waals surface area contributed by atoms with Gasteiger partial charge < -0.3 is 14.8 Å². The minimum absolute atomic E-state index is 0.0651. The summed E-state index contributed by atoms with van der Waals surface area (Å²) in [6.07, 6.45) is 0.235. The lowest BCUT2D eigenvalue weighted by Gasteiger charge is -2.15. The molecule has 10 heteroatoms. The number of rotatable bonds is 6. The van der Waals surface area contributed by atoms with E-state index in [4.69, 9.17) is 4.74 Å². The topological polar surface area (TPSA) is 130 Å². The van der Waals surface area contributed by atoms with Crippen LogP contribution < -0.4 is 10.5 Å². The second kappa shape index (κ2) is 8.48. The van der Waals surface area contributed by atoms with E-state index in [2.05, 4.69) is 9.97 Å². The fourth-order valence-electron chi connectivity index (χ4n) is 2.90. The Labute approximate surface area is 170 Å². The molecule has 1 saturated heterocycles. The normalized spacial score (nSPS) is 16.3. The van der Waals surface area contributed by atoms with Gasteiger partial charge in [-0.15, -0.1) is 0 Å². The van der Waals surface area contributed by atoms with E-state index in [1.54, 1.807) is 13.8 Å². The van der Waals surface area contributed by atoms with Crippen LogP contribution in [0.4, 0.5) is 5.69 Å². The van der Waals surface area contributed by atoms with Gasteiger partial charge in [0.25, 0.3) is 5.56 Å². The Bertz CT molecular complexity index is 1020. The molecule has 2 N–H and O–H groups in total. The molecule has 1 atom stereocenters. The maximum atomic E-state index is 12.7. The molecule has 0 radical (unpaired) electrons. The zero-order valence-electron chi connectivity index (χ0n) is 15.8. The first-order chi connectivity index (χ1) is 13.8. The molecule has 2 amide bonds. The highest BCUT2D eigenvalue weighted by Gasteiger charge is 2.40. The molecule has 29 heavy (non-hydrogen) atoms. The number of carbonyl (C=O) groups is 3. The van der Waals surface area contributed by atoms with Gasteiger partial charge in [-0.25, -0.2) is 9.69 Å². The van der Waals surface area contributed by atoms with Gasteiger partial charge in [0.1, 0.15) is 5.25 Å². The molecular weight excluding hydrogens is 398 g/mol. The summed E-state index contributed by atoms with van der Waals surface area (Å²) < 4.78 is 4.91. The Morgan fingerprint density at radius 1 is 1.28 bits per heavy atom. The minimum Gasteiger partial charge on any atom is -0.493 e. The minimum atomic E-state index is -0.790. The van der Waals surface area contributed by atoms with Crippen LogP contribution in [0.2, 0.25) is 0 Å². The lowest BCUT2D eigenvalue weighted by molar-refractivity contribution is -0.121. The molecular formula is C19H19N3O6S. The number of hydrogen-bond acceptors (Lipinski definition) is 8. The predicted molar refractivity (Wildman–Crippen MR) is 105 cm³/mol. The van der Waals surface area contributed by atoms with Crippen molar-refractivity contribution in [1.29, 1.82) is 0 Å². The van der Waals surface area contributed by atoms with Crippen LogP contribution in [0.5, 0.6) is 5.88 Å². The number of hydrogen-bond donors (Lipinski definition) is 2. The number of esters is 1. The Balaban J connectivity index is 1.78. The van der Waals surface area contributed by atoms with E-state index in [0.717, 1.165) is 16.7 Å². The number of aromatic amines is 1. The third-order valence-electron chi connectivity index (χ3n) is 4.32. The van der Waals surface area contributed by atoms with Gasteiger partial charge in [0.2, 0.25) is 17.7 Å². The van der Waals surface area contributed by atoms with Crippen LogP contribution in [0, 0.1) is 0 Å². The first kappa shape index (κ1) is 20.6. The standard InChI is InChI=1S/C19H19N3O6S/c1-3-12-15(24)20-19(21-16(12)25)29-13-9-14(23)22(17(13)26)11-7-5-10(6-8-11)18(27)28-4-2/h5-8,13H,3-4,9H2,1-2H3,(H2,20,21,24,25)/t13-/m0/s1. The van der Waals surface area contributed by atoms with Gasteiger partial charge in [-0.1, -0.05) is 18.7 Å². The monoisotopic (exact) mass is 417 g/mol. The van der Waals surface area contributed by atoms with Crippen molar-refractivity contribution in [2.75, 3.05) is 11.5 Å². The highest BCUT2D eigenvalue weighted by atomic mass is 32.2. The third kappa shape index (κ3) is 4.16. The smallest absolute Gasteiger partial charge is 0.338 e. The zero-order chi connectivity index (χ0) is 21.1. The summed E-state index contributed by atoms with van der Waals surface area (Å²) in [6.45, 7) is 3.65. The lowest BCUT2D eigenvalue weighted by atomic mass is 10.2. The van der Waals surface area contributed by atoms with Crippen LogP contribution in [0.25, 0.3) is 0 Å². The van der Waals surface area contributed by atoms with Gasteiger partial charge in [0, 0.05) is 6.42 Å². The van der Waals surface area contributed by atoms with E-state index >= 15 is 0 Å². The number of anilines is 1. The number of carbonyl (C=O) groups excluding carboxylic acids is 3. The van der Waals surface area contributed by atoms with E-state index in [-0.39, 0.29) is 29.6 Å². The number of aromatic hydroxyl groups is 1. The molecule has 1 fully saturated rings. The first-order valence-electron chi connectivity index (χ1n) is 8.98. The van der Waals surface area contributed by atoms with Gasteiger partial charge >= 0.3 is 5.97 Å². The molecule has 2 heterocycles. The quantitative estimate of drug-likeness (QED) is 0.412. The summed E-state index contributed by atoms with van der Waals surface area (Å²) in [5.41, 5.74) is 0.327. The van der Waals surface area contributed by atoms with Crippen molar-refractivity contribution in [2.45, 2.75) is 37.1 Å². The number of nitrogens with one attached hydrogen (secondary N) is 1. The Hall–Kier alpha value is -3.14. The molecule has 2 aromatic rings. The Kier molecular flexibility index (Phi) is 6.02. The maximum absolute atomic E-state index is 12.7. The molecule has 0 saturated carbocycles. The number of ether oxygens (including phenoxy) is 1. The molecule has 152 valence electrons. The molecule has 0 aliphatic carbocycles. The van der Waals surface area contributed by atoms with Crippen molar-refractivity contribution in [2.24, 2.45) is 0 Å². The molecule has 9 nitrogen and oxygen atoms in total. The van der Waals surface area contributed by atoms with E-state index in [9.17, 15) is 24.3 Å². The van der Waals surface area contributed by atoms with Gasteiger partial charge in [-0.3, -0.25) is 14.4 Å². The molecule has 3 rings (SSSR count). The van der Waals surface area contributed by atoms with Crippen LogP contribution in [-0.4, -0.2) is 44.7 Å². The van der Waals surface area contributed by atoms with Crippen LogP contribution in [0.15, 0.2) is 34.2 Å². The number of nitrogens with zero attached hydrogens (tertiary/aromatic N) is 2. The number of aromatic nitrogens is 2. The molecule has 0 bridgehead atoms. The lowest BCUT2D eigenvalue weighted by Crippen LogP contribution is -2.31. The molecule has 0 unspecified atom stereocenters. The van der Waals surface area contributed by atoms with Crippen molar-refractivity contribution in [3.63, 3.8) is 0 Å². The third-order valence-corrected chi connectivity index (χ3v) is 5.39. The van der Waals surface area contributed by atoms with E-state index in [1.807, 2.05) is 0 Å². The summed E-state index contributed by atoms with van der Waals surface area (Å²) in [6, 6.07) is 5.96. The fourth-order valence-corrected chi connectivity index (χ4v) is 3.90. The number of amides is 2.